The Hall–Kier alpha value is -4.40. The van der Waals surface area contributed by atoms with Gasteiger partial charge in [0.05, 0.1) is 28.4 Å². The largest absolute Gasteiger partial charge is 0.493 e. The van der Waals surface area contributed by atoms with E-state index in [1.165, 1.54) is 16.7 Å². The first-order valence-corrected chi connectivity index (χ1v) is 15.5. The summed E-state index contributed by atoms with van der Waals surface area (Å²) in [5.74, 6) is 5.38. The molecule has 0 radical (unpaired) electrons. The van der Waals surface area contributed by atoms with Gasteiger partial charge in [-0.15, -0.1) is 0 Å². The minimum atomic E-state index is 0.0157. The number of benzene rings is 4. The number of likely N-dealkylation sites (N-methyl/N-ethyl adjacent to an activating group) is 1. The highest BCUT2D eigenvalue weighted by molar-refractivity contribution is 5.63. The summed E-state index contributed by atoms with van der Waals surface area (Å²) in [5.41, 5.74) is 7.10. The Morgan fingerprint density at radius 2 is 1.42 bits per heavy atom. The molecule has 8 nitrogen and oxygen atoms in total. The Morgan fingerprint density at radius 3 is 2.18 bits per heavy atom. The summed E-state index contributed by atoms with van der Waals surface area (Å²) in [7, 11) is 8.91. The number of nitrogens with zero attached hydrogens (tertiary/aromatic N) is 1. The smallest absolute Gasteiger partial charge is 0.204 e. The molecule has 8 bridgehead atoms. The molecule has 45 heavy (non-hydrogen) atoms. The van der Waals surface area contributed by atoms with E-state index >= 15 is 0 Å². The lowest BCUT2D eigenvalue weighted by Gasteiger charge is -2.35. The van der Waals surface area contributed by atoms with Gasteiger partial charge in [-0.05, 0) is 110 Å². The molecule has 4 aromatic rings. The van der Waals surface area contributed by atoms with Crippen molar-refractivity contribution in [1.82, 2.24) is 10.2 Å². The maximum absolute atomic E-state index is 6.77. The first kappa shape index (κ1) is 29.3. The molecule has 0 fully saturated rings. The monoisotopic (exact) mass is 608 g/mol. The van der Waals surface area contributed by atoms with Gasteiger partial charge >= 0.3 is 0 Å². The predicted octanol–water partition coefficient (Wildman–Crippen LogP) is 6.82. The molecule has 0 spiro atoms. The zero-order chi connectivity index (χ0) is 31.1. The van der Waals surface area contributed by atoms with Crippen molar-refractivity contribution in [2.75, 3.05) is 48.6 Å². The fourth-order valence-corrected chi connectivity index (χ4v) is 7.06. The van der Waals surface area contributed by atoms with Gasteiger partial charge in [0.2, 0.25) is 5.75 Å². The number of fused-ring (bicyclic) bond motifs is 2. The summed E-state index contributed by atoms with van der Waals surface area (Å²) in [6.45, 7) is 1.78. The molecule has 0 aromatic heterocycles. The maximum atomic E-state index is 6.77. The van der Waals surface area contributed by atoms with Crippen molar-refractivity contribution in [3.8, 4) is 46.0 Å². The number of hydrogen-bond donors (Lipinski definition) is 1. The third-order valence-corrected chi connectivity index (χ3v) is 9.41. The van der Waals surface area contributed by atoms with Crippen LogP contribution in [-0.2, 0) is 25.7 Å². The molecule has 8 heteroatoms. The van der Waals surface area contributed by atoms with Crippen LogP contribution in [0.2, 0.25) is 0 Å². The Bertz CT molecular complexity index is 1720. The van der Waals surface area contributed by atoms with Gasteiger partial charge < -0.3 is 33.7 Å². The second-order valence-electron chi connectivity index (χ2n) is 12.0. The fourth-order valence-electron chi connectivity index (χ4n) is 7.06. The van der Waals surface area contributed by atoms with E-state index in [0.29, 0.717) is 40.2 Å². The van der Waals surface area contributed by atoms with E-state index in [4.69, 9.17) is 28.4 Å². The van der Waals surface area contributed by atoms with Crippen LogP contribution in [0.5, 0.6) is 46.0 Å². The van der Waals surface area contributed by atoms with Crippen LogP contribution in [0.15, 0.2) is 60.7 Å². The van der Waals surface area contributed by atoms with Crippen molar-refractivity contribution in [1.29, 1.82) is 0 Å². The van der Waals surface area contributed by atoms with Gasteiger partial charge in [-0.1, -0.05) is 18.2 Å². The molecule has 4 heterocycles. The van der Waals surface area contributed by atoms with Crippen molar-refractivity contribution in [3.05, 3.63) is 94.0 Å². The van der Waals surface area contributed by atoms with Crippen LogP contribution in [0, 0.1) is 0 Å². The first-order valence-electron chi connectivity index (χ1n) is 15.5. The zero-order valence-electron chi connectivity index (χ0n) is 26.6. The van der Waals surface area contributed by atoms with Gasteiger partial charge in [-0.25, -0.2) is 0 Å². The molecule has 0 saturated heterocycles. The number of rotatable bonds is 4. The van der Waals surface area contributed by atoms with E-state index in [2.05, 4.69) is 59.7 Å². The SMILES string of the molecule is COc1ccc2cc1Oc1ccc(cc1)CC1c3cc(c(OC)cc3CCN1C)Oc1cc3c(c(OC)c1OC)CCNC3C2. The molecule has 4 aliphatic rings. The molecule has 1 N–H and O–H groups in total. The van der Waals surface area contributed by atoms with Gasteiger partial charge in [0.25, 0.3) is 0 Å². The summed E-state index contributed by atoms with van der Waals surface area (Å²) < 4.78 is 36.7. The molecule has 0 aliphatic carbocycles. The number of methoxy groups -OCH3 is 4. The lowest BCUT2D eigenvalue weighted by Crippen LogP contribution is -2.33. The van der Waals surface area contributed by atoms with E-state index < -0.39 is 0 Å². The van der Waals surface area contributed by atoms with Crippen LogP contribution in [0.25, 0.3) is 0 Å². The Morgan fingerprint density at radius 1 is 0.689 bits per heavy atom. The highest BCUT2D eigenvalue weighted by Crippen LogP contribution is 2.49. The van der Waals surface area contributed by atoms with Crippen molar-refractivity contribution in [2.24, 2.45) is 0 Å². The Kier molecular flexibility index (Phi) is 7.94. The summed E-state index contributed by atoms with van der Waals surface area (Å²) in [5, 5.41) is 3.73. The lowest BCUT2D eigenvalue weighted by atomic mass is 9.88. The van der Waals surface area contributed by atoms with Gasteiger partial charge in [0, 0.05) is 24.2 Å². The van der Waals surface area contributed by atoms with Gasteiger partial charge in [-0.2, -0.15) is 0 Å². The first-order chi connectivity index (χ1) is 22.0. The Labute approximate surface area is 264 Å². The standard InChI is InChI=1S/C37H40N2O6/c1-39-15-13-24-19-32(41-3)34-20-27(24)30(39)17-22-6-9-25(10-7-22)44-33-18-23(8-11-31(33)40-2)16-29-28-21-35(45-34)37(43-5)36(42-4)26(28)12-14-38-29/h6-11,18-21,29-30,38H,12-17H2,1-5H3. The van der Waals surface area contributed by atoms with Gasteiger partial charge in [-0.3, -0.25) is 4.90 Å². The zero-order valence-corrected chi connectivity index (χ0v) is 26.6. The molecule has 8 rings (SSSR count). The van der Waals surface area contributed by atoms with E-state index in [9.17, 15) is 0 Å². The quantitative estimate of drug-likeness (QED) is 0.271. The molecule has 0 saturated carbocycles. The molecular weight excluding hydrogens is 568 g/mol. The van der Waals surface area contributed by atoms with Crippen molar-refractivity contribution in [3.63, 3.8) is 0 Å². The highest BCUT2D eigenvalue weighted by Gasteiger charge is 2.31. The predicted molar refractivity (Wildman–Crippen MR) is 173 cm³/mol. The van der Waals surface area contributed by atoms with Crippen LogP contribution in [0.1, 0.15) is 45.5 Å². The van der Waals surface area contributed by atoms with Crippen molar-refractivity contribution >= 4 is 0 Å². The average molecular weight is 609 g/mol. The summed E-state index contributed by atoms with van der Waals surface area (Å²) >= 11 is 0. The van der Waals surface area contributed by atoms with E-state index in [-0.39, 0.29) is 12.1 Å². The molecule has 4 aliphatic heterocycles. The molecule has 4 aromatic carbocycles. The van der Waals surface area contributed by atoms with Gasteiger partial charge in [0.15, 0.2) is 34.5 Å². The highest BCUT2D eigenvalue weighted by atomic mass is 16.5. The normalized spacial score (nSPS) is 18.9. The number of ether oxygens (including phenoxy) is 6. The third kappa shape index (κ3) is 5.42. The van der Waals surface area contributed by atoms with Crippen LogP contribution in [0.4, 0.5) is 0 Å². The van der Waals surface area contributed by atoms with Crippen molar-refractivity contribution in [2.45, 2.75) is 37.8 Å². The molecule has 0 amide bonds. The molecular formula is C37H40N2O6. The minimum Gasteiger partial charge on any atom is -0.493 e. The topological polar surface area (TPSA) is 70.7 Å². The molecule has 234 valence electrons. The van der Waals surface area contributed by atoms with Gasteiger partial charge in [0.1, 0.15) is 5.75 Å². The summed E-state index contributed by atoms with van der Waals surface area (Å²) in [4.78, 5) is 2.42. The maximum Gasteiger partial charge on any atom is 0.204 e. The number of nitrogens with one attached hydrogen (secondary N) is 1. The lowest BCUT2D eigenvalue weighted by molar-refractivity contribution is 0.228. The summed E-state index contributed by atoms with van der Waals surface area (Å²) in [6.07, 6.45) is 3.33. The minimum absolute atomic E-state index is 0.0157. The van der Waals surface area contributed by atoms with Crippen LogP contribution >= 0.6 is 0 Å². The van der Waals surface area contributed by atoms with E-state index in [1.807, 2.05) is 18.2 Å². The van der Waals surface area contributed by atoms with Crippen LogP contribution in [-0.4, -0.2) is 53.5 Å². The number of hydrogen-bond acceptors (Lipinski definition) is 8. The second kappa shape index (κ2) is 12.2. The van der Waals surface area contributed by atoms with Crippen LogP contribution in [0.3, 0.4) is 0 Å². The van der Waals surface area contributed by atoms with Crippen LogP contribution < -0.4 is 33.7 Å². The van der Waals surface area contributed by atoms with E-state index in [0.717, 1.165) is 61.2 Å². The Balaban J connectivity index is 1.42. The third-order valence-electron chi connectivity index (χ3n) is 9.41. The van der Waals surface area contributed by atoms with Crippen molar-refractivity contribution < 1.29 is 28.4 Å². The summed E-state index contributed by atoms with van der Waals surface area (Å²) in [6, 6.07) is 21.1. The molecule has 2 atom stereocenters. The van der Waals surface area contributed by atoms with E-state index in [1.54, 1.807) is 28.4 Å². The fraction of sp³-hybridized carbons (Fsp3) is 0.351. The average Bonchev–Trinajstić information content (AvgIpc) is 3.06. The second-order valence-corrected chi connectivity index (χ2v) is 12.0. The molecule has 2 unspecified atom stereocenters.